The van der Waals surface area contributed by atoms with Crippen molar-refractivity contribution in [2.75, 3.05) is 13.1 Å². The summed E-state index contributed by atoms with van der Waals surface area (Å²) < 4.78 is 3.70. The van der Waals surface area contributed by atoms with Gasteiger partial charge in [-0.05, 0) is 57.0 Å². The minimum Gasteiger partial charge on any atom is -0.347 e. The van der Waals surface area contributed by atoms with Crippen molar-refractivity contribution in [1.82, 2.24) is 35.2 Å². The zero-order valence-electron chi connectivity index (χ0n) is 16.2. The smallest absolute Gasteiger partial charge is 0.272 e. The van der Waals surface area contributed by atoms with E-state index in [1.807, 2.05) is 47.6 Å². The summed E-state index contributed by atoms with van der Waals surface area (Å²) in [6.45, 7) is 6.31. The van der Waals surface area contributed by atoms with E-state index in [4.69, 9.17) is 0 Å². The molecule has 1 aliphatic rings. The average molecular weight is 379 g/mol. The van der Waals surface area contributed by atoms with Gasteiger partial charge in [-0.1, -0.05) is 6.07 Å². The molecule has 2 N–H and O–H groups in total. The zero-order chi connectivity index (χ0) is 19.5. The molecular weight excluding hydrogens is 354 g/mol. The fourth-order valence-electron chi connectivity index (χ4n) is 3.50. The highest BCUT2D eigenvalue weighted by Crippen LogP contribution is 2.16. The van der Waals surface area contributed by atoms with Gasteiger partial charge in [0.1, 0.15) is 5.69 Å². The highest BCUT2D eigenvalue weighted by atomic mass is 16.1. The maximum absolute atomic E-state index is 12.4. The molecule has 0 radical (unpaired) electrons. The minimum absolute atomic E-state index is 0.176. The van der Waals surface area contributed by atoms with Crippen molar-refractivity contribution in [3.05, 3.63) is 59.3 Å². The van der Waals surface area contributed by atoms with Crippen LogP contribution in [0.1, 0.15) is 46.3 Å². The van der Waals surface area contributed by atoms with Crippen LogP contribution in [0.5, 0.6) is 0 Å². The molecule has 1 fully saturated rings. The van der Waals surface area contributed by atoms with Gasteiger partial charge in [0.25, 0.3) is 5.91 Å². The largest absolute Gasteiger partial charge is 0.347 e. The van der Waals surface area contributed by atoms with Gasteiger partial charge >= 0.3 is 0 Å². The van der Waals surface area contributed by atoms with Crippen molar-refractivity contribution in [2.24, 2.45) is 0 Å². The third-order valence-corrected chi connectivity index (χ3v) is 4.97. The molecule has 1 saturated heterocycles. The molecule has 8 nitrogen and oxygen atoms in total. The Kier molecular flexibility index (Phi) is 5.21. The van der Waals surface area contributed by atoms with Crippen LogP contribution in [0.25, 0.3) is 5.82 Å². The van der Waals surface area contributed by atoms with Gasteiger partial charge in [-0.3, -0.25) is 9.48 Å². The molecule has 28 heavy (non-hydrogen) atoms. The summed E-state index contributed by atoms with van der Waals surface area (Å²) >= 11 is 0. The standard InChI is InChI=1S/C20H25N7O/c1-14-10-15(2)27(24-14)19-6-5-16(11-22-19)12-23-20(28)18-7-9-26(25-18)17-4-3-8-21-13-17/h5-7,9-11,17,21H,3-4,8,12-13H2,1-2H3,(H,23,28). The quantitative estimate of drug-likeness (QED) is 0.707. The maximum Gasteiger partial charge on any atom is 0.272 e. The molecule has 8 heteroatoms. The van der Waals surface area contributed by atoms with E-state index in [0.29, 0.717) is 18.3 Å². The van der Waals surface area contributed by atoms with Gasteiger partial charge in [-0.2, -0.15) is 10.2 Å². The number of aryl methyl sites for hydroxylation is 2. The Morgan fingerprint density at radius 2 is 2.18 bits per heavy atom. The van der Waals surface area contributed by atoms with E-state index >= 15 is 0 Å². The summed E-state index contributed by atoms with van der Waals surface area (Å²) in [6.07, 6.45) is 5.87. The molecule has 4 rings (SSSR count). The summed E-state index contributed by atoms with van der Waals surface area (Å²) in [6, 6.07) is 7.96. The van der Waals surface area contributed by atoms with Crippen LogP contribution in [0.2, 0.25) is 0 Å². The number of aromatic nitrogens is 5. The molecule has 146 valence electrons. The van der Waals surface area contributed by atoms with Crippen molar-refractivity contribution in [2.45, 2.75) is 39.3 Å². The lowest BCUT2D eigenvalue weighted by Crippen LogP contribution is -2.32. The third kappa shape index (κ3) is 3.96. The van der Waals surface area contributed by atoms with Crippen LogP contribution in [0.15, 0.2) is 36.7 Å². The van der Waals surface area contributed by atoms with Crippen LogP contribution in [0.4, 0.5) is 0 Å². The first-order valence-electron chi connectivity index (χ1n) is 9.63. The number of carbonyl (C=O) groups is 1. The number of piperidine rings is 1. The topological polar surface area (TPSA) is 89.7 Å². The SMILES string of the molecule is Cc1cc(C)n(-c2ccc(CNC(=O)c3ccn(C4CCCNC4)n3)cn2)n1. The zero-order valence-corrected chi connectivity index (χ0v) is 16.2. The van der Waals surface area contributed by atoms with E-state index in [9.17, 15) is 4.79 Å². The second-order valence-electron chi connectivity index (χ2n) is 7.23. The number of amides is 1. The number of hydrogen-bond acceptors (Lipinski definition) is 5. The van der Waals surface area contributed by atoms with Gasteiger partial charge in [0, 0.05) is 31.2 Å². The molecule has 4 heterocycles. The second kappa shape index (κ2) is 7.93. The lowest BCUT2D eigenvalue weighted by atomic mass is 10.1. The highest BCUT2D eigenvalue weighted by molar-refractivity contribution is 5.92. The highest BCUT2D eigenvalue weighted by Gasteiger charge is 2.17. The van der Waals surface area contributed by atoms with E-state index in [-0.39, 0.29) is 5.91 Å². The number of rotatable bonds is 5. The number of nitrogens with one attached hydrogen (secondary N) is 2. The Morgan fingerprint density at radius 3 is 2.86 bits per heavy atom. The predicted octanol–water partition coefficient (Wildman–Crippen LogP) is 1.94. The van der Waals surface area contributed by atoms with Crippen LogP contribution in [0.3, 0.4) is 0 Å². The minimum atomic E-state index is -0.176. The molecule has 1 atom stereocenters. The first-order chi connectivity index (χ1) is 13.6. The Labute approximate surface area is 164 Å². The van der Waals surface area contributed by atoms with E-state index in [1.54, 1.807) is 12.3 Å². The van der Waals surface area contributed by atoms with Crippen molar-refractivity contribution >= 4 is 5.91 Å². The monoisotopic (exact) mass is 379 g/mol. The van der Waals surface area contributed by atoms with Gasteiger partial charge in [-0.25, -0.2) is 9.67 Å². The molecule has 0 bridgehead atoms. The molecular formula is C20H25N7O. The van der Waals surface area contributed by atoms with E-state index in [0.717, 1.165) is 48.7 Å². The van der Waals surface area contributed by atoms with Crippen molar-refractivity contribution in [3.63, 3.8) is 0 Å². The first-order valence-corrected chi connectivity index (χ1v) is 9.63. The Morgan fingerprint density at radius 1 is 1.29 bits per heavy atom. The summed E-state index contributed by atoms with van der Waals surface area (Å²) in [5.74, 6) is 0.589. The van der Waals surface area contributed by atoms with Crippen LogP contribution in [0, 0.1) is 13.8 Å². The fraction of sp³-hybridized carbons (Fsp3) is 0.400. The summed E-state index contributed by atoms with van der Waals surface area (Å²) in [5, 5.41) is 15.2. The average Bonchev–Trinajstić information content (AvgIpc) is 3.34. The van der Waals surface area contributed by atoms with Crippen molar-refractivity contribution in [3.8, 4) is 5.82 Å². The second-order valence-corrected chi connectivity index (χ2v) is 7.23. The van der Waals surface area contributed by atoms with Gasteiger partial charge in [0.05, 0.1) is 11.7 Å². The Bertz CT molecular complexity index is 951. The molecule has 0 aromatic carbocycles. The number of pyridine rings is 1. The van der Waals surface area contributed by atoms with Gasteiger partial charge < -0.3 is 10.6 Å². The lowest BCUT2D eigenvalue weighted by molar-refractivity contribution is 0.0944. The van der Waals surface area contributed by atoms with Crippen molar-refractivity contribution < 1.29 is 4.79 Å². The maximum atomic E-state index is 12.4. The van der Waals surface area contributed by atoms with Gasteiger partial charge in [0.15, 0.2) is 5.82 Å². The fourth-order valence-corrected chi connectivity index (χ4v) is 3.50. The molecule has 1 unspecified atom stereocenters. The van der Waals surface area contributed by atoms with E-state index < -0.39 is 0 Å². The van der Waals surface area contributed by atoms with Crippen LogP contribution >= 0.6 is 0 Å². The molecule has 0 aliphatic carbocycles. The summed E-state index contributed by atoms with van der Waals surface area (Å²) in [7, 11) is 0. The molecule has 0 spiro atoms. The molecule has 1 aliphatic heterocycles. The predicted molar refractivity (Wildman–Crippen MR) is 105 cm³/mol. The third-order valence-electron chi connectivity index (χ3n) is 4.97. The first kappa shape index (κ1) is 18.4. The molecule has 3 aromatic rings. The summed E-state index contributed by atoms with van der Waals surface area (Å²) in [4.78, 5) is 16.9. The lowest BCUT2D eigenvalue weighted by Gasteiger charge is -2.22. The van der Waals surface area contributed by atoms with Gasteiger partial charge in [-0.15, -0.1) is 0 Å². The van der Waals surface area contributed by atoms with Gasteiger partial charge in [0.2, 0.25) is 0 Å². The van der Waals surface area contributed by atoms with E-state index in [2.05, 4.69) is 25.8 Å². The van der Waals surface area contributed by atoms with Crippen LogP contribution in [-0.4, -0.2) is 43.5 Å². The number of hydrogen-bond donors (Lipinski definition) is 2. The number of nitrogens with zero attached hydrogens (tertiary/aromatic N) is 5. The van der Waals surface area contributed by atoms with Crippen LogP contribution < -0.4 is 10.6 Å². The van der Waals surface area contributed by atoms with Crippen molar-refractivity contribution in [1.29, 1.82) is 0 Å². The molecule has 3 aromatic heterocycles. The normalized spacial score (nSPS) is 16.9. The van der Waals surface area contributed by atoms with E-state index in [1.165, 1.54) is 0 Å². The molecule has 1 amide bonds. The Hall–Kier alpha value is -3.00. The molecule has 0 saturated carbocycles. The Balaban J connectivity index is 1.36. The number of carbonyl (C=O) groups excluding carboxylic acids is 1. The summed E-state index contributed by atoms with van der Waals surface area (Å²) in [5.41, 5.74) is 3.36. The van der Waals surface area contributed by atoms with Crippen LogP contribution in [-0.2, 0) is 6.54 Å².